The zero-order valence-corrected chi connectivity index (χ0v) is 4.64. The topological polar surface area (TPSA) is 41.5 Å². The van der Waals surface area contributed by atoms with Gasteiger partial charge in [0.05, 0.1) is 6.34 Å². The van der Waals surface area contributed by atoms with Crippen molar-refractivity contribution in [1.82, 2.24) is 5.32 Å². The van der Waals surface area contributed by atoms with Crippen LogP contribution in [0.15, 0.2) is 4.99 Å². The molecule has 0 aromatic carbocycles. The molecule has 0 fully saturated rings. The van der Waals surface area contributed by atoms with Crippen LogP contribution in [0.3, 0.4) is 0 Å². The van der Waals surface area contributed by atoms with Gasteiger partial charge in [0.1, 0.15) is 0 Å². The molecule has 56 valence electrons. The van der Waals surface area contributed by atoms with Crippen molar-refractivity contribution in [1.29, 1.82) is 0 Å². The van der Waals surface area contributed by atoms with Gasteiger partial charge < -0.3 is 5.32 Å². The number of alkyl halides is 3. The maximum absolute atomic E-state index is 11.6. The average molecular weight is 152 g/mol. The first-order chi connectivity index (χ1) is 4.52. The van der Waals surface area contributed by atoms with Gasteiger partial charge in [-0.15, -0.1) is 0 Å². The summed E-state index contributed by atoms with van der Waals surface area (Å²) in [5.41, 5.74) is 0. The van der Waals surface area contributed by atoms with Gasteiger partial charge in [0.2, 0.25) is 6.04 Å². The van der Waals surface area contributed by atoms with E-state index in [4.69, 9.17) is 0 Å². The minimum atomic E-state index is -4.56. The molecule has 1 aliphatic heterocycles. The first kappa shape index (κ1) is 7.04. The Kier molecular flexibility index (Phi) is 1.38. The molecule has 1 aliphatic rings. The van der Waals surface area contributed by atoms with Crippen LogP contribution in [0, 0.1) is 0 Å². The Balaban J connectivity index is 2.73. The molecule has 0 saturated heterocycles. The fraction of sp³-hybridized carbons (Fsp3) is 0.500. The number of amides is 1. The van der Waals surface area contributed by atoms with Crippen LogP contribution < -0.4 is 5.32 Å². The van der Waals surface area contributed by atoms with Gasteiger partial charge in [0.25, 0.3) is 5.91 Å². The number of hydrogen-bond acceptors (Lipinski definition) is 2. The number of carbonyl (C=O) groups excluding carboxylic acids is 1. The van der Waals surface area contributed by atoms with Crippen LogP contribution >= 0.6 is 0 Å². The second-order valence-electron chi connectivity index (χ2n) is 1.73. The van der Waals surface area contributed by atoms with Crippen molar-refractivity contribution in [2.24, 2.45) is 4.99 Å². The number of halogens is 3. The molecular weight excluding hydrogens is 149 g/mol. The summed E-state index contributed by atoms with van der Waals surface area (Å²) in [6, 6.07) is -2.20. The maximum Gasteiger partial charge on any atom is 0.419 e. The Morgan fingerprint density at radius 1 is 1.60 bits per heavy atom. The van der Waals surface area contributed by atoms with E-state index in [1.165, 1.54) is 0 Å². The van der Waals surface area contributed by atoms with Crippen LogP contribution in [-0.4, -0.2) is 24.5 Å². The smallest absolute Gasteiger partial charge is 0.315 e. The van der Waals surface area contributed by atoms with E-state index < -0.39 is 18.1 Å². The van der Waals surface area contributed by atoms with Crippen LogP contribution in [0.2, 0.25) is 0 Å². The second-order valence-corrected chi connectivity index (χ2v) is 1.73. The van der Waals surface area contributed by atoms with Gasteiger partial charge in [-0.25, -0.2) is 0 Å². The summed E-state index contributed by atoms with van der Waals surface area (Å²) < 4.78 is 34.9. The molecule has 1 unspecified atom stereocenters. The molecule has 0 bridgehead atoms. The van der Waals surface area contributed by atoms with Crippen molar-refractivity contribution in [3.05, 3.63) is 0 Å². The van der Waals surface area contributed by atoms with Crippen LogP contribution in [-0.2, 0) is 4.79 Å². The van der Waals surface area contributed by atoms with E-state index in [9.17, 15) is 18.0 Å². The van der Waals surface area contributed by atoms with E-state index in [2.05, 4.69) is 4.99 Å². The monoisotopic (exact) mass is 152 g/mol. The molecule has 0 spiro atoms. The van der Waals surface area contributed by atoms with Crippen LogP contribution in [0.25, 0.3) is 0 Å². The van der Waals surface area contributed by atoms with Gasteiger partial charge in [-0.1, -0.05) is 0 Å². The lowest BCUT2D eigenvalue weighted by atomic mass is 10.3. The third-order valence-corrected chi connectivity index (χ3v) is 0.989. The Bertz CT molecular complexity index is 185. The first-order valence-electron chi connectivity index (χ1n) is 2.40. The van der Waals surface area contributed by atoms with Gasteiger partial charge in [0, 0.05) is 0 Å². The van der Waals surface area contributed by atoms with Gasteiger partial charge in [-0.2, -0.15) is 13.2 Å². The van der Waals surface area contributed by atoms with Crippen LogP contribution in [0.1, 0.15) is 0 Å². The largest absolute Gasteiger partial charge is 0.419 e. The fourth-order valence-corrected chi connectivity index (χ4v) is 0.555. The predicted molar refractivity (Wildman–Crippen MR) is 26.5 cm³/mol. The highest BCUT2D eigenvalue weighted by Gasteiger charge is 2.46. The molecule has 1 atom stereocenters. The molecule has 0 aliphatic carbocycles. The Morgan fingerprint density at radius 2 is 2.20 bits per heavy atom. The first-order valence-corrected chi connectivity index (χ1v) is 2.40. The minimum Gasteiger partial charge on any atom is -0.315 e. The summed E-state index contributed by atoms with van der Waals surface area (Å²) in [4.78, 5) is 13.1. The lowest BCUT2D eigenvalue weighted by molar-refractivity contribution is -0.159. The molecule has 1 amide bonds. The second kappa shape index (κ2) is 1.96. The van der Waals surface area contributed by atoms with E-state index in [0.717, 1.165) is 6.34 Å². The predicted octanol–water partition coefficient (Wildman–Crippen LogP) is 0.0754. The van der Waals surface area contributed by atoms with Crippen molar-refractivity contribution in [2.45, 2.75) is 12.2 Å². The highest BCUT2D eigenvalue weighted by atomic mass is 19.4. The van der Waals surface area contributed by atoms with Crippen molar-refractivity contribution < 1.29 is 18.0 Å². The molecule has 0 saturated carbocycles. The lowest BCUT2D eigenvalue weighted by Gasteiger charge is -2.07. The van der Waals surface area contributed by atoms with Crippen molar-refractivity contribution in [3.63, 3.8) is 0 Å². The summed E-state index contributed by atoms with van der Waals surface area (Å²) in [7, 11) is 0. The fourth-order valence-electron chi connectivity index (χ4n) is 0.555. The average Bonchev–Trinajstić information content (AvgIpc) is 2.11. The summed E-state index contributed by atoms with van der Waals surface area (Å²) in [5, 5.41) is 1.83. The molecule has 0 aromatic rings. The number of aliphatic imine (C=N–C) groups is 1. The van der Waals surface area contributed by atoms with E-state index in [1.54, 1.807) is 0 Å². The molecule has 10 heavy (non-hydrogen) atoms. The van der Waals surface area contributed by atoms with Gasteiger partial charge in [-0.3, -0.25) is 9.79 Å². The molecule has 6 heteroatoms. The third kappa shape index (κ3) is 1.09. The number of hydrogen-bond donors (Lipinski definition) is 1. The van der Waals surface area contributed by atoms with E-state index in [0.29, 0.717) is 0 Å². The van der Waals surface area contributed by atoms with Crippen LogP contribution in [0.4, 0.5) is 13.2 Å². The molecule has 3 nitrogen and oxygen atoms in total. The SMILES string of the molecule is O=C1NC=NC1C(F)(F)F. The summed E-state index contributed by atoms with van der Waals surface area (Å²) in [5.74, 6) is -1.12. The Labute approximate surface area is 53.9 Å². The van der Waals surface area contributed by atoms with Crippen molar-refractivity contribution in [2.75, 3.05) is 0 Å². The van der Waals surface area contributed by atoms with Gasteiger partial charge in [0.15, 0.2) is 0 Å². The minimum absolute atomic E-state index is 0.750. The number of carbonyl (C=O) groups is 1. The maximum atomic E-state index is 11.6. The van der Waals surface area contributed by atoms with E-state index in [-0.39, 0.29) is 0 Å². The quantitative estimate of drug-likeness (QED) is 0.524. The Hall–Kier alpha value is -1.07. The molecule has 0 aromatic heterocycles. The standard InChI is InChI=1S/C4H3F3N2O/c5-4(6,7)2-3(10)9-1-8-2/h1-2H,(H,8,9,10). The van der Waals surface area contributed by atoms with Gasteiger partial charge >= 0.3 is 6.18 Å². The number of nitrogens with zero attached hydrogens (tertiary/aromatic N) is 1. The zero-order chi connectivity index (χ0) is 7.78. The lowest BCUT2D eigenvalue weighted by Crippen LogP contribution is -2.36. The molecule has 1 rings (SSSR count). The van der Waals surface area contributed by atoms with Crippen molar-refractivity contribution in [3.8, 4) is 0 Å². The molecule has 0 radical (unpaired) electrons. The molecule has 1 N–H and O–H groups in total. The summed E-state index contributed by atoms with van der Waals surface area (Å²) in [6.07, 6.45) is -3.81. The van der Waals surface area contributed by atoms with E-state index >= 15 is 0 Å². The summed E-state index contributed by atoms with van der Waals surface area (Å²) in [6.45, 7) is 0. The zero-order valence-electron chi connectivity index (χ0n) is 4.64. The van der Waals surface area contributed by atoms with Crippen molar-refractivity contribution >= 4 is 12.2 Å². The highest BCUT2D eigenvalue weighted by Crippen LogP contribution is 2.23. The molecule has 1 heterocycles. The van der Waals surface area contributed by atoms with Crippen LogP contribution in [0.5, 0.6) is 0 Å². The number of nitrogens with one attached hydrogen (secondary N) is 1. The molecular formula is C4H3F3N2O. The summed E-state index contributed by atoms with van der Waals surface area (Å²) >= 11 is 0. The Morgan fingerprint density at radius 3 is 2.40 bits per heavy atom. The highest BCUT2D eigenvalue weighted by molar-refractivity contribution is 5.97. The van der Waals surface area contributed by atoms with E-state index in [1.807, 2.05) is 5.32 Å². The third-order valence-electron chi connectivity index (χ3n) is 0.989. The number of rotatable bonds is 0. The van der Waals surface area contributed by atoms with Gasteiger partial charge in [-0.05, 0) is 0 Å². The normalized spacial score (nSPS) is 25.1.